The lowest BCUT2D eigenvalue weighted by molar-refractivity contribution is 0.0723. The molecule has 2 aliphatic rings. The average Bonchev–Trinajstić information content (AvgIpc) is 2.76. The number of aromatic nitrogens is 2. The molecule has 1 aliphatic carbocycles. The Kier molecular flexibility index (Phi) is 4.13. The molecule has 0 amide bonds. The van der Waals surface area contributed by atoms with Crippen molar-refractivity contribution >= 4 is 0 Å². The van der Waals surface area contributed by atoms with Crippen LogP contribution in [0.4, 0.5) is 0 Å². The number of aliphatic hydroxyl groups is 1. The van der Waals surface area contributed by atoms with Crippen LogP contribution in [0.3, 0.4) is 0 Å². The van der Waals surface area contributed by atoms with E-state index in [1.807, 2.05) is 0 Å². The smallest absolute Gasteiger partial charge is 0.109 e. The molecule has 2 N–H and O–H groups in total. The molecule has 112 valence electrons. The Balaban J connectivity index is 1.99. The third-order valence-corrected chi connectivity index (χ3v) is 4.61. The molecule has 1 fully saturated rings. The summed E-state index contributed by atoms with van der Waals surface area (Å²) in [5.74, 6) is 1.80. The predicted molar refractivity (Wildman–Crippen MR) is 79.7 cm³/mol. The van der Waals surface area contributed by atoms with Gasteiger partial charge in [-0.3, -0.25) is 0 Å². The highest BCUT2D eigenvalue weighted by Gasteiger charge is 2.30. The van der Waals surface area contributed by atoms with Crippen molar-refractivity contribution in [1.82, 2.24) is 14.9 Å². The van der Waals surface area contributed by atoms with Crippen LogP contribution in [0.5, 0.6) is 0 Å². The second-order valence-corrected chi connectivity index (χ2v) is 6.74. The fourth-order valence-electron chi connectivity index (χ4n) is 3.68. The lowest BCUT2D eigenvalue weighted by Gasteiger charge is -2.32. The van der Waals surface area contributed by atoms with Gasteiger partial charge < -0.3 is 15.0 Å². The summed E-state index contributed by atoms with van der Waals surface area (Å²) in [5, 5.41) is 13.8. The van der Waals surface area contributed by atoms with E-state index in [-0.39, 0.29) is 12.1 Å². The van der Waals surface area contributed by atoms with Gasteiger partial charge in [0, 0.05) is 31.6 Å². The second kappa shape index (κ2) is 5.86. The SMILES string of the molecule is CC(C)Cc1nc2c(n1C1CCCCC1O)CCNC2. The predicted octanol–water partition coefficient (Wildman–Crippen LogP) is 2.20. The number of aliphatic hydroxyl groups excluding tert-OH is 1. The quantitative estimate of drug-likeness (QED) is 0.890. The number of nitrogens with zero attached hydrogens (tertiary/aromatic N) is 2. The molecule has 2 heterocycles. The fraction of sp³-hybridized carbons (Fsp3) is 0.812. The average molecular weight is 277 g/mol. The van der Waals surface area contributed by atoms with Gasteiger partial charge in [-0.2, -0.15) is 0 Å². The topological polar surface area (TPSA) is 50.1 Å². The Morgan fingerprint density at radius 3 is 2.90 bits per heavy atom. The van der Waals surface area contributed by atoms with Crippen LogP contribution in [0.2, 0.25) is 0 Å². The first-order valence-corrected chi connectivity index (χ1v) is 8.14. The zero-order valence-corrected chi connectivity index (χ0v) is 12.7. The van der Waals surface area contributed by atoms with Gasteiger partial charge in [0.25, 0.3) is 0 Å². The lowest BCUT2D eigenvalue weighted by atomic mass is 9.91. The van der Waals surface area contributed by atoms with Crippen molar-refractivity contribution in [1.29, 1.82) is 0 Å². The number of hydrogen-bond donors (Lipinski definition) is 2. The van der Waals surface area contributed by atoms with Crippen LogP contribution in [0.25, 0.3) is 0 Å². The highest BCUT2D eigenvalue weighted by atomic mass is 16.3. The highest BCUT2D eigenvalue weighted by molar-refractivity contribution is 5.22. The maximum atomic E-state index is 10.4. The van der Waals surface area contributed by atoms with E-state index in [9.17, 15) is 5.11 Å². The van der Waals surface area contributed by atoms with E-state index >= 15 is 0 Å². The van der Waals surface area contributed by atoms with Gasteiger partial charge in [-0.25, -0.2) is 4.98 Å². The summed E-state index contributed by atoms with van der Waals surface area (Å²) in [6.45, 7) is 6.40. The first kappa shape index (κ1) is 14.1. The largest absolute Gasteiger partial charge is 0.391 e. The summed E-state index contributed by atoms with van der Waals surface area (Å²) in [5.41, 5.74) is 2.59. The van der Waals surface area contributed by atoms with Crippen molar-refractivity contribution < 1.29 is 5.11 Å². The lowest BCUT2D eigenvalue weighted by Crippen LogP contribution is -2.32. The van der Waals surface area contributed by atoms with Crippen molar-refractivity contribution in [3.05, 3.63) is 17.2 Å². The van der Waals surface area contributed by atoms with Crippen LogP contribution < -0.4 is 5.32 Å². The minimum absolute atomic E-state index is 0.192. The van der Waals surface area contributed by atoms with Crippen LogP contribution in [-0.4, -0.2) is 27.3 Å². The van der Waals surface area contributed by atoms with Crippen molar-refractivity contribution in [2.24, 2.45) is 5.92 Å². The van der Waals surface area contributed by atoms with Gasteiger partial charge in [-0.05, 0) is 18.8 Å². The summed E-state index contributed by atoms with van der Waals surface area (Å²) in [6, 6.07) is 0.256. The van der Waals surface area contributed by atoms with E-state index in [1.54, 1.807) is 0 Å². The normalized spacial score (nSPS) is 26.8. The monoisotopic (exact) mass is 277 g/mol. The van der Waals surface area contributed by atoms with Crippen molar-refractivity contribution in [3.8, 4) is 0 Å². The van der Waals surface area contributed by atoms with E-state index in [0.29, 0.717) is 5.92 Å². The van der Waals surface area contributed by atoms with Crippen LogP contribution in [0, 0.1) is 5.92 Å². The first-order chi connectivity index (χ1) is 9.66. The summed E-state index contributed by atoms with van der Waals surface area (Å²) in [4.78, 5) is 4.89. The molecule has 1 aliphatic heterocycles. The van der Waals surface area contributed by atoms with E-state index in [1.165, 1.54) is 23.6 Å². The van der Waals surface area contributed by atoms with Gasteiger partial charge in [0.15, 0.2) is 0 Å². The molecular formula is C16H27N3O. The van der Waals surface area contributed by atoms with E-state index in [0.717, 1.165) is 45.2 Å². The summed E-state index contributed by atoms with van der Waals surface area (Å²) >= 11 is 0. The van der Waals surface area contributed by atoms with Crippen molar-refractivity contribution in [3.63, 3.8) is 0 Å². The molecule has 0 spiro atoms. The maximum Gasteiger partial charge on any atom is 0.109 e. The van der Waals surface area contributed by atoms with Gasteiger partial charge in [-0.15, -0.1) is 0 Å². The third-order valence-electron chi connectivity index (χ3n) is 4.61. The molecule has 3 rings (SSSR count). The molecule has 1 saturated carbocycles. The Morgan fingerprint density at radius 1 is 1.35 bits per heavy atom. The molecule has 1 aromatic heterocycles. The zero-order chi connectivity index (χ0) is 14.1. The molecule has 4 nitrogen and oxygen atoms in total. The standard InChI is InChI=1S/C16H27N3O/c1-11(2)9-16-18-12-10-17-8-7-13(12)19(16)14-5-3-4-6-15(14)20/h11,14-15,17,20H,3-10H2,1-2H3. The van der Waals surface area contributed by atoms with Crippen LogP contribution in [0.15, 0.2) is 0 Å². The summed E-state index contributed by atoms with van der Waals surface area (Å²) in [6.07, 6.45) is 6.30. The van der Waals surface area contributed by atoms with Crippen LogP contribution in [-0.2, 0) is 19.4 Å². The second-order valence-electron chi connectivity index (χ2n) is 6.74. The zero-order valence-electron chi connectivity index (χ0n) is 12.7. The van der Waals surface area contributed by atoms with E-state index in [2.05, 4.69) is 23.7 Å². The molecule has 2 unspecified atom stereocenters. The van der Waals surface area contributed by atoms with Gasteiger partial charge in [0.1, 0.15) is 5.82 Å². The number of hydrogen-bond acceptors (Lipinski definition) is 3. The highest BCUT2D eigenvalue weighted by Crippen LogP contribution is 2.33. The number of nitrogens with one attached hydrogen (secondary N) is 1. The Morgan fingerprint density at radius 2 is 2.15 bits per heavy atom. The molecule has 0 saturated heterocycles. The van der Waals surface area contributed by atoms with Gasteiger partial charge in [0.05, 0.1) is 17.8 Å². The Hall–Kier alpha value is -0.870. The first-order valence-electron chi connectivity index (χ1n) is 8.14. The van der Waals surface area contributed by atoms with E-state index in [4.69, 9.17) is 4.98 Å². The maximum absolute atomic E-state index is 10.4. The molecule has 1 aromatic rings. The molecule has 20 heavy (non-hydrogen) atoms. The van der Waals surface area contributed by atoms with Gasteiger partial charge >= 0.3 is 0 Å². The molecule has 0 bridgehead atoms. The number of rotatable bonds is 3. The Bertz CT molecular complexity index is 467. The number of fused-ring (bicyclic) bond motifs is 1. The Labute approximate surface area is 121 Å². The molecule has 0 aromatic carbocycles. The summed E-state index contributed by atoms with van der Waals surface area (Å²) < 4.78 is 2.42. The van der Waals surface area contributed by atoms with E-state index < -0.39 is 0 Å². The van der Waals surface area contributed by atoms with Gasteiger partial charge in [-0.1, -0.05) is 26.7 Å². The van der Waals surface area contributed by atoms with Crippen molar-refractivity contribution in [2.75, 3.05) is 6.54 Å². The molecular weight excluding hydrogens is 250 g/mol. The summed E-state index contributed by atoms with van der Waals surface area (Å²) in [7, 11) is 0. The number of imidazole rings is 1. The third kappa shape index (κ3) is 2.63. The molecule has 4 heteroatoms. The molecule has 2 atom stereocenters. The van der Waals surface area contributed by atoms with Gasteiger partial charge in [0.2, 0.25) is 0 Å². The fourth-order valence-corrected chi connectivity index (χ4v) is 3.68. The van der Waals surface area contributed by atoms with Crippen molar-refractivity contribution in [2.45, 2.75) is 71.1 Å². The minimum atomic E-state index is -0.192. The molecule has 0 radical (unpaired) electrons. The van der Waals surface area contributed by atoms with Crippen LogP contribution in [0.1, 0.15) is 62.8 Å². The minimum Gasteiger partial charge on any atom is -0.391 e. The van der Waals surface area contributed by atoms with Crippen LogP contribution >= 0.6 is 0 Å².